The van der Waals surface area contributed by atoms with Crippen LogP contribution in [0.1, 0.15) is 47.5 Å². The number of ether oxygens (including phenoxy) is 1. The molecule has 0 N–H and O–H groups in total. The van der Waals surface area contributed by atoms with E-state index in [4.69, 9.17) is 4.74 Å². The highest BCUT2D eigenvalue weighted by Gasteiger charge is 2.24. The maximum atomic E-state index is 10.8. The van der Waals surface area contributed by atoms with E-state index in [-0.39, 0.29) is 12.4 Å². The summed E-state index contributed by atoms with van der Waals surface area (Å²) in [5.74, 6) is 0.994. The second-order valence-electron chi connectivity index (χ2n) is 7.47. The van der Waals surface area contributed by atoms with E-state index in [1.165, 1.54) is 45.6 Å². The molecule has 2 aliphatic heterocycles. The van der Waals surface area contributed by atoms with Crippen molar-refractivity contribution in [1.82, 2.24) is 14.7 Å². The van der Waals surface area contributed by atoms with Crippen molar-refractivity contribution in [3.63, 3.8) is 0 Å². The lowest BCUT2D eigenvalue weighted by Crippen LogP contribution is -2.49. The molecule has 2 rings (SSSR count). The van der Waals surface area contributed by atoms with Crippen LogP contribution in [-0.2, 0) is 9.53 Å². The average Bonchev–Trinajstić information content (AvgIpc) is 2.62. The zero-order chi connectivity index (χ0) is 18.7. The van der Waals surface area contributed by atoms with Gasteiger partial charge in [0.1, 0.15) is 6.61 Å². The molecule has 0 atom stereocenters. The highest BCUT2D eigenvalue weighted by Crippen LogP contribution is 2.20. The summed E-state index contributed by atoms with van der Waals surface area (Å²) in [6.07, 6.45) is 2.72. The molecule has 0 spiro atoms. The van der Waals surface area contributed by atoms with Crippen molar-refractivity contribution in [2.75, 3.05) is 65.6 Å². The Kier molecular flexibility index (Phi) is 11.5. The minimum absolute atomic E-state index is 0.110. The molecule has 5 nitrogen and oxygen atoms in total. The first kappa shape index (κ1) is 22.6. The standard InChI is InChI=1S/C18H35N3O2.C2H6/c1-16(2)21-6-4-18(5-7-21)14-20-10-8-19(9-11-20)12-13-23-15-17(3)22;1-2/h16,18H,4-15H2,1-3H3;1-2H3. The molecule has 0 aliphatic carbocycles. The van der Waals surface area contributed by atoms with Gasteiger partial charge in [-0.05, 0) is 52.6 Å². The molecular weight excluding hydrogens is 314 g/mol. The number of hydrogen-bond donors (Lipinski definition) is 0. The van der Waals surface area contributed by atoms with Gasteiger partial charge in [-0.2, -0.15) is 0 Å². The molecule has 0 saturated carbocycles. The van der Waals surface area contributed by atoms with Crippen LogP contribution in [0, 0.1) is 5.92 Å². The number of rotatable bonds is 8. The van der Waals surface area contributed by atoms with E-state index in [0.717, 1.165) is 25.6 Å². The molecule has 2 heterocycles. The predicted molar refractivity (Wildman–Crippen MR) is 105 cm³/mol. The largest absolute Gasteiger partial charge is 0.372 e. The molecule has 148 valence electrons. The van der Waals surface area contributed by atoms with Gasteiger partial charge in [-0.15, -0.1) is 0 Å². The van der Waals surface area contributed by atoms with E-state index in [2.05, 4.69) is 28.5 Å². The maximum Gasteiger partial charge on any atom is 0.155 e. The number of likely N-dealkylation sites (tertiary alicyclic amines) is 1. The molecule has 0 aromatic heterocycles. The molecule has 0 unspecified atom stereocenters. The summed E-state index contributed by atoms with van der Waals surface area (Å²) < 4.78 is 5.37. The van der Waals surface area contributed by atoms with Gasteiger partial charge in [0.25, 0.3) is 0 Å². The van der Waals surface area contributed by atoms with Crippen LogP contribution in [0.15, 0.2) is 0 Å². The monoisotopic (exact) mass is 355 g/mol. The topological polar surface area (TPSA) is 36.0 Å². The van der Waals surface area contributed by atoms with Gasteiger partial charge in [0.05, 0.1) is 6.61 Å². The minimum atomic E-state index is 0.110. The first-order valence-corrected chi connectivity index (χ1v) is 10.3. The molecular formula is C20H41N3O2. The number of carbonyl (C=O) groups is 1. The quantitative estimate of drug-likeness (QED) is 0.625. The van der Waals surface area contributed by atoms with Crippen molar-refractivity contribution in [3.8, 4) is 0 Å². The Bertz CT molecular complexity index is 347. The van der Waals surface area contributed by atoms with E-state index in [1.807, 2.05) is 13.8 Å². The fourth-order valence-electron chi connectivity index (χ4n) is 3.62. The smallest absolute Gasteiger partial charge is 0.155 e. The van der Waals surface area contributed by atoms with Gasteiger partial charge in [0.15, 0.2) is 5.78 Å². The summed E-state index contributed by atoms with van der Waals surface area (Å²) in [6.45, 7) is 20.5. The normalized spacial score (nSPS) is 21.2. The van der Waals surface area contributed by atoms with Gasteiger partial charge in [0.2, 0.25) is 0 Å². The SMILES string of the molecule is CC.CC(=O)COCCN1CCN(CC2CCN(C(C)C)CC2)CC1. The third-order valence-electron chi connectivity index (χ3n) is 5.22. The van der Waals surface area contributed by atoms with Crippen LogP contribution in [0.25, 0.3) is 0 Å². The zero-order valence-electron chi connectivity index (χ0n) is 17.3. The lowest BCUT2D eigenvalue weighted by molar-refractivity contribution is -0.121. The molecule has 25 heavy (non-hydrogen) atoms. The Hall–Kier alpha value is -0.490. The van der Waals surface area contributed by atoms with Gasteiger partial charge in [0, 0.05) is 45.3 Å². The molecule has 5 heteroatoms. The van der Waals surface area contributed by atoms with E-state index in [9.17, 15) is 4.79 Å². The summed E-state index contributed by atoms with van der Waals surface area (Å²) >= 11 is 0. The summed E-state index contributed by atoms with van der Waals surface area (Å²) in [6, 6.07) is 0.699. The molecule has 2 aliphatic rings. The number of hydrogen-bond acceptors (Lipinski definition) is 5. The van der Waals surface area contributed by atoms with Crippen molar-refractivity contribution in [2.45, 2.75) is 53.5 Å². The fraction of sp³-hybridized carbons (Fsp3) is 0.950. The average molecular weight is 356 g/mol. The Balaban J connectivity index is 0.00000151. The highest BCUT2D eigenvalue weighted by molar-refractivity contribution is 5.76. The van der Waals surface area contributed by atoms with Crippen LogP contribution < -0.4 is 0 Å². The molecule has 0 aromatic rings. The highest BCUT2D eigenvalue weighted by atomic mass is 16.5. The van der Waals surface area contributed by atoms with Crippen LogP contribution in [0.3, 0.4) is 0 Å². The Morgan fingerprint density at radius 3 is 2.08 bits per heavy atom. The van der Waals surface area contributed by atoms with E-state index < -0.39 is 0 Å². The Morgan fingerprint density at radius 1 is 1.00 bits per heavy atom. The second kappa shape index (κ2) is 12.8. The van der Waals surface area contributed by atoms with Gasteiger partial charge >= 0.3 is 0 Å². The van der Waals surface area contributed by atoms with Crippen molar-refractivity contribution in [1.29, 1.82) is 0 Å². The van der Waals surface area contributed by atoms with Gasteiger partial charge in [-0.1, -0.05) is 13.8 Å². The number of ketones is 1. The van der Waals surface area contributed by atoms with E-state index in [1.54, 1.807) is 6.92 Å². The van der Waals surface area contributed by atoms with Crippen molar-refractivity contribution in [2.24, 2.45) is 5.92 Å². The second-order valence-corrected chi connectivity index (χ2v) is 7.47. The molecule has 2 fully saturated rings. The van der Waals surface area contributed by atoms with Crippen LogP contribution in [0.2, 0.25) is 0 Å². The third kappa shape index (κ3) is 9.13. The first-order chi connectivity index (χ1) is 12.0. The minimum Gasteiger partial charge on any atom is -0.372 e. The number of piperidine rings is 1. The van der Waals surface area contributed by atoms with Crippen LogP contribution in [0.5, 0.6) is 0 Å². The van der Waals surface area contributed by atoms with Crippen LogP contribution in [-0.4, -0.2) is 92.1 Å². The van der Waals surface area contributed by atoms with Crippen molar-refractivity contribution >= 4 is 5.78 Å². The zero-order valence-corrected chi connectivity index (χ0v) is 17.3. The summed E-state index contributed by atoms with van der Waals surface area (Å²) in [4.78, 5) is 18.5. The van der Waals surface area contributed by atoms with Gasteiger partial charge < -0.3 is 14.5 Å². The van der Waals surface area contributed by atoms with Crippen molar-refractivity contribution in [3.05, 3.63) is 0 Å². The molecule has 0 radical (unpaired) electrons. The summed E-state index contributed by atoms with van der Waals surface area (Å²) in [5, 5.41) is 0. The van der Waals surface area contributed by atoms with Gasteiger partial charge in [-0.3, -0.25) is 9.69 Å². The van der Waals surface area contributed by atoms with E-state index in [0.29, 0.717) is 12.6 Å². The fourth-order valence-corrected chi connectivity index (χ4v) is 3.62. The molecule has 0 bridgehead atoms. The molecule has 2 saturated heterocycles. The molecule has 0 aromatic carbocycles. The Morgan fingerprint density at radius 2 is 1.56 bits per heavy atom. The number of nitrogens with zero attached hydrogens (tertiary/aromatic N) is 3. The van der Waals surface area contributed by atoms with Crippen LogP contribution >= 0.6 is 0 Å². The first-order valence-electron chi connectivity index (χ1n) is 10.3. The molecule has 0 amide bonds. The van der Waals surface area contributed by atoms with Gasteiger partial charge in [-0.25, -0.2) is 0 Å². The lowest BCUT2D eigenvalue weighted by Gasteiger charge is -2.39. The number of Topliss-reactive ketones (excluding diaryl/α,β-unsaturated/α-hetero) is 1. The number of carbonyl (C=O) groups excluding carboxylic acids is 1. The van der Waals surface area contributed by atoms with Crippen molar-refractivity contribution < 1.29 is 9.53 Å². The maximum absolute atomic E-state index is 10.8. The third-order valence-corrected chi connectivity index (χ3v) is 5.22. The Labute approximate surface area is 155 Å². The van der Waals surface area contributed by atoms with E-state index >= 15 is 0 Å². The summed E-state index contributed by atoms with van der Waals surface area (Å²) in [5.41, 5.74) is 0. The number of piperazine rings is 1. The van der Waals surface area contributed by atoms with Crippen LogP contribution in [0.4, 0.5) is 0 Å². The predicted octanol–water partition coefficient (Wildman–Crippen LogP) is 2.36. The lowest BCUT2D eigenvalue weighted by atomic mass is 9.95. The summed E-state index contributed by atoms with van der Waals surface area (Å²) in [7, 11) is 0.